The predicted molar refractivity (Wildman–Crippen MR) is 117 cm³/mol. The molecular formula is C18H16ClF3N2O4S3. The Morgan fingerprint density at radius 3 is 2.19 bits per heavy atom. The Hall–Kier alpha value is -2.02. The highest BCUT2D eigenvalue weighted by atomic mass is 35.5. The Balaban J connectivity index is 2.06. The zero-order chi connectivity index (χ0) is 23.0. The number of rotatable bonds is 7. The Morgan fingerprint density at radius 2 is 1.65 bits per heavy atom. The molecule has 0 unspecified atom stereocenters. The van der Waals surface area contributed by atoms with Gasteiger partial charge in [-0.25, -0.2) is 16.8 Å². The van der Waals surface area contributed by atoms with E-state index >= 15 is 0 Å². The molecular weight excluding hydrogens is 497 g/mol. The van der Waals surface area contributed by atoms with Crippen LogP contribution in [0.5, 0.6) is 0 Å². The minimum absolute atomic E-state index is 0.0227. The van der Waals surface area contributed by atoms with Crippen molar-refractivity contribution in [3.63, 3.8) is 0 Å². The van der Waals surface area contributed by atoms with E-state index in [1.54, 1.807) is 24.3 Å². The third-order valence-electron chi connectivity index (χ3n) is 4.09. The number of anilines is 2. The molecule has 0 amide bonds. The number of hydrogen-bond donors (Lipinski definition) is 1. The normalized spacial score (nSPS) is 12.8. The van der Waals surface area contributed by atoms with Crippen LogP contribution in [0.4, 0.5) is 23.9 Å². The zero-order valence-corrected chi connectivity index (χ0v) is 19.1. The largest absolute Gasteiger partial charge is 0.390 e. The molecule has 31 heavy (non-hydrogen) atoms. The molecule has 0 atom stereocenters. The third-order valence-corrected chi connectivity index (χ3v) is 8.31. The van der Waals surface area contributed by atoms with E-state index in [2.05, 4.69) is 4.72 Å². The van der Waals surface area contributed by atoms with E-state index in [0.717, 1.165) is 29.7 Å². The van der Waals surface area contributed by atoms with E-state index in [1.807, 2.05) is 0 Å². The van der Waals surface area contributed by atoms with Crippen molar-refractivity contribution in [1.29, 1.82) is 0 Å². The standard InChI is InChI=1S/C18H16ClF3N2O4S3/c1-30(25,26)23-12-6-8-13(9-7-12)31(27,28)24(11-10-18(20,21)22)17-16(19)14-4-2-3-5-15(14)29-17/h2-9,23H,10-11H2,1H3. The summed E-state index contributed by atoms with van der Waals surface area (Å²) >= 11 is 7.31. The number of nitrogens with one attached hydrogen (secondary N) is 1. The first-order chi connectivity index (χ1) is 14.3. The summed E-state index contributed by atoms with van der Waals surface area (Å²) < 4.78 is 91.4. The molecule has 6 nitrogen and oxygen atoms in total. The Bertz CT molecular complexity index is 1310. The Labute approximate surface area is 186 Å². The van der Waals surface area contributed by atoms with Gasteiger partial charge in [0.1, 0.15) is 5.00 Å². The van der Waals surface area contributed by atoms with E-state index < -0.39 is 39.2 Å². The number of hydrogen-bond acceptors (Lipinski definition) is 5. The van der Waals surface area contributed by atoms with Gasteiger partial charge in [0, 0.05) is 22.3 Å². The number of thiophene rings is 1. The molecule has 1 aromatic heterocycles. The van der Waals surface area contributed by atoms with Crippen molar-refractivity contribution in [3.05, 3.63) is 53.6 Å². The fourth-order valence-corrected chi connectivity index (χ4v) is 6.62. The second kappa shape index (κ2) is 8.49. The van der Waals surface area contributed by atoms with E-state index in [1.165, 1.54) is 12.1 Å². The molecule has 0 aliphatic carbocycles. The molecule has 0 spiro atoms. The van der Waals surface area contributed by atoms with Crippen molar-refractivity contribution >= 4 is 63.8 Å². The number of benzene rings is 2. The average molecular weight is 513 g/mol. The monoisotopic (exact) mass is 512 g/mol. The van der Waals surface area contributed by atoms with Gasteiger partial charge in [-0.3, -0.25) is 9.03 Å². The molecule has 1 heterocycles. The summed E-state index contributed by atoms with van der Waals surface area (Å²) in [6, 6.07) is 11.4. The van der Waals surface area contributed by atoms with Crippen molar-refractivity contribution in [3.8, 4) is 0 Å². The minimum atomic E-state index is -4.58. The van der Waals surface area contributed by atoms with Crippen molar-refractivity contribution in [1.82, 2.24) is 0 Å². The highest BCUT2D eigenvalue weighted by molar-refractivity contribution is 7.93. The maximum Gasteiger partial charge on any atom is 0.390 e. The molecule has 13 heteroatoms. The minimum Gasteiger partial charge on any atom is -0.284 e. The van der Waals surface area contributed by atoms with Crippen molar-refractivity contribution in [2.75, 3.05) is 21.8 Å². The first kappa shape index (κ1) is 23.6. The van der Waals surface area contributed by atoms with E-state index in [9.17, 15) is 30.0 Å². The summed E-state index contributed by atoms with van der Waals surface area (Å²) in [5.41, 5.74) is 0.114. The lowest BCUT2D eigenvalue weighted by atomic mass is 10.3. The molecule has 0 fully saturated rings. The predicted octanol–water partition coefficient (Wildman–Crippen LogP) is 5.07. The summed E-state index contributed by atoms with van der Waals surface area (Å²) in [6.07, 6.45) is -5.02. The summed E-state index contributed by atoms with van der Waals surface area (Å²) in [4.78, 5) is -0.303. The quantitative estimate of drug-likeness (QED) is 0.479. The molecule has 2 aromatic carbocycles. The van der Waals surface area contributed by atoms with Crippen LogP contribution in [0, 0.1) is 0 Å². The van der Waals surface area contributed by atoms with Gasteiger partial charge in [0.2, 0.25) is 10.0 Å². The molecule has 168 valence electrons. The van der Waals surface area contributed by atoms with Gasteiger partial charge < -0.3 is 0 Å². The zero-order valence-electron chi connectivity index (χ0n) is 15.8. The number of alkyl halides is 3. The van der Waals surface area contributed by atoms with Crippen LogP contribution in [0.25, 0.3) is 10.1 Å². The lowest BCUT2D eigenvalue weighted by Crippen LogP contribution is -2.34. The molecule has 0 bridgehead atoms. The fraction of sp³-hybridized carbons (Fsp3) is 0.222. The number of halogens is 4. The van der Waals surface area contributed by atoms with Crippen LogP contribution in [0.1, 0.15) is 6.42 Å². The molecule has 0 saturated carbocycles. The van der Waals surface area contributed by atoms with Gasteiger partial charge in [0.15, 0.2) is 0 Å². The first-order valence-electron chi connectivity index (χ1n) is 8.62. The average Bonchev–Trinajstić information content (AvgIpc) is 2.97. The Morgan fingerprint density at radius 1 is 1.03 bits per heavy atom. The van der Waals surface area contributed by atoms with Crippen molar-refractivity contribution in [2.45, 2.75) is 17.5 Å². The summed E-state index contributed by atoms with van der Waals surface area (Å²) in [5.74, 6) is 0. The SMILES string of the molecule is CS(=O)(=O)Nc1ccc(S(=O)(=O)N(CCC(F)(F)F)c2sc3ccccc3c2Cl)cc1. The van der Waals surface area contributed by atoms with Crippen molar-refractivity contribution in [2.24, 2.45) is 0 Å². The molecule has 3 aromatic rings. The first-order valence-corrected chi connectivity index (χ1v) is 13.1. The van der Waals surface area contributed by atoms with Gasteiger partial charge in [0.05, 0.1) is 22.6 Å². The molecule has 0 radical (unpaired) electrons. The molecule has 1 N–H and O–H groups in total. The van der Waals surface area contributed by atoms with E-state index in [-0.39, 0.29) is 20.6 Å². The summed E-state index contributed by atoms with van der Waals surface area (Å²) in [7, 11) is -8.01. The van der Waals surface area contributed by atoms with Gasteiger partial charge in [-0.1, -0.05) is 29.8 Å². The second-order valence-electron chi connectivity index (χ2n) is 6.56. The topological polar surface area (TPSA) is 83.5 Å². The maximum atomic E-state index is 13.2. The maximum absolute atomic E-state index is 13.2. The molecule has 3 rings (SSSR count). The van der Waals surface area contributed by atoms with Crippen LogP contribution in [0.3, 0.4) is 0 Å². The number of fused-ring (bicyclic) bond motifs is 1. The van der Waals surface area contributed by atoms with Crippen LogP contribution in [-0.4, -0.2) is 35.8 Å². The highest BCUT2D eigenvalue weighted by Crippen LogP contribution is 2.44. The number of nitrogens with zero attached hydrogens (tertiary/aromatic N) is 1. The lowest BCUT2D eigenvalue weighted by molar-refractivity contribution is -0.131. The van der Waals surface area contributed by atoms with Crippen molar-refractivity contribution < 1.29 is 30.0 Å². The highest BCUT2D eigenvalue weighted by Gasteiger charge is 2.34. The second-order valence-corrected chi connectivity index (χ2v) is 11.6. The fourth-order valence-electron chi connectivity index (χ4n) is 2.76. The lowest BCUT2D eigenvalue weighted by Gasteiger charge is -2.24. The van der Waals surface area contributed by atoms with E-state index in [0.29, 0.717) is 14.4 Å². The Kier molecular flexibility index (Phi) is 6.47. The van der Waals surface area contributed by atoms with Gasteiger partial charge in [0.25, 0.3) is 10.0 Å². The molecule has 0 saturated heterocycles. The van der Waals surface area contributed by atoms with Crippen LogP contribution < -0.4 is 9.03 Å². The molecule has 0 aliphatic heterocycles. The van der Waals surface area contributed by atoms with Crippen LogP contribution in [0.15, 0.2) is 53.4 Å². The summed E-state index contributed by atoms with van der Waals surface area (Å²) in [6.45, 7) is -0.859. The van der Waals surface area contributed by atoms with Crippen LogP contribution >= 0.6 is 22.9 Å². The van der Waals surface area contributed by atoms with Crippen LogP contribution in [0.2, 0.25) is 5.02 Å². The van der Waals surface area contributed by atoms with Gasteiger partial charge in [-0.2, -0.15) is 13.2 Å². The van der Waals surface area contributed by atoms with Crippen LogP contribution in [-0.2, 0) is 20.0 Å². The molecule has 0 aliphatic rings. The van der Waals surface area contributed by atoms with E-state index in [4.69, 9.17) is 11.6 Å². The van der Waals surface area contributed by atoms with Gasteiger partial charge >= 0.3 is 6.18 Å². The number of sulfonamides is 2. The van der Waals surface area contributed by atoms with Gasteiger partial charge in [-0.05, 0) is 30.3 Å². The smallest absolute Gasteiger partial charge is 0.284 e. The summed E-state index contributed by atoms with van der Waals surface area (Å²) in [5, 5.41) is 0.552. The van der Waals surface area contributed by atoms with Gasteiger partial charge in [-0.15, -0.1) is 11.3 Å². The third kappa shape index (κ3) is 5.62.